The second-order valence-corrected chi connectivity index (χ2v) is 22.4. The molecule has 0 radical (unpaired) electrons. The number of nitrogens with one attached hydrogen (secondary N) is 7. The van der Waals surface area contributed by atoms with E-state index in [-0.39, 0.29) is 116 Å². The van der Waals surface area contributed by atoms with Gasteiger partial charge in [-0.25, -0.2) is 19.2 Å². The summed E-state index contributed by atoms with van der Waals surface area (Å²) in [4.78, 5) is 170. The molecular formula is C60H92N14O17. The van der Waals surface area contributed by atoms with Crippen LogP contribution in [0.4, 0.5) is 4.79 Å². The molecule has 2 aromatic carbocycles. The van der Waals surface area contributed by atoms with Gasteiger partial charge in [-0.15, -0.1) is 0 Å². The molecule has 5 atom stereocenters. The smallest absolute Gasteiger partial charge is 0.326 e. The van der Waals surface area contributed by atoms with Crippen LogP contribution >= 0.6 is 0 Å². The van der Waals surface area contributed by atoms with Crippen molar-refractivity contribution in [2.75, 3.05) is 91.6 Å². The lowest BCUT2D eigenvalue weighted by molar-refractivity contribution is -0.143. The minimum absolute atomic E-state index is 0.00535. The van der Waals surface area contributed by atoms with Crippen molar-refractivity contribution >= 4 is 77.2 Å². The average molecular weight is 1280 g/mol. The van der Waals surface area contributed by atoms with E-state index in [2.05, 4.69) is 37.2 Å². The molecule has 504 valence electrons. The molecule has 10 amide bonds. The molecule has 91 heavy (non-hydrogen) atoms. The molecule has 1 saturated heterocycles. The summed E-state index contributed by atoms with van der Waals surface area (Å²) in [5.74, 6) is -9.60. The monoisotopic (exact) mass is 1280 g/mol. The number of unbranched alkanes of at least 4 members (excludes halogenated alkanes) is 5. The summed E-state index contributed by atoms with van der Waals surface area (Å²) in [5.41, 5.74) is 18.0. The molecule has 1 aliphatic rings. The van der Waals surface area contributed by atoms with Crippen LogP contribution in [0.3, 0.4) is 0 Å². The Balaban J connectivity index is 1.51. The summed E-state index contributed by atoms with van der Waals surface area (Å²) in [7, 11) is 0. The van der Waals surface area contributed by atoms with Gasteiger partial charge in [0.2, 0.25) is 47.3 Å². The van der Waals surface area contributed by atoms with Crippen LogP contribution in [0.25, 0.3) is 0 Å². The first kappa shape index (κ1) is 76.4. The number of primary amides is 3. The van der Waals surface area contributed by atoms with Crippen molar-refractivity contribution in [1.29, 1.82) is 0 Å². The van der Waals surface area contributed by atoms with E-state index in [1.54, 1.807) is 75.4 Å². The zero-order valence-corrected chi connectivity index (χ0v) is 51.5. The van der Waals surface area contributed by atoms with Crippen molar-refractivity contribution < 1.29 is 82.8 Å². The van der Waals surface area contributed by atoms with E-state index in [9.17, 15) is 77.6 Å². The Hall–Kier alpha value is -8.81. The average Bonchev–Trinajstić information content (AvgIpc) is 3.64. The first-order chi connectivity index (χ1) is 43.4. The number of carbonyl (C=O) groups excluding carboxylic acids is 9. The number of carboxylic acid groups (broad SMARTS) is 4. The van der Waals surface area contributed by atoms with E-state index >= 15 is 0 Å². The second-order valence-electron chi connectivity index (χ2n) is 22.4. The van der Waals surface area contributed by atoms with Crippen molar-refractivity contribution in [2.24, 2.45) is 17.2 Å². The highest BCUT2D eigenvalue weighted by Gasteiger charge is 2.32. The lowest BCUT2D eigenvalue weighted by Crippen LogP contribution is -2.57. The van der Waals surface area contributed by atoms with Gasteiger partial charge in [0.15, 0.2) is 0 Å². The molecule has 1 fully saturated rings. The van der Waals surface area contributed by atoms with E-state index in [0.29, 0.717) is 88.7 Å². The molecule has 1 heterocycles. The Morgan fingerprint density at radius 1 is 0.374 bits per heavy atom. The number of urea groups is 1. The molecule has 0 aromatic heterocycles. The van der Waals surface area contributed by atoms with Crippen LogP contribution in [-0.4, -0.2) is 239 Å². The summed E-state index contributed by atoms with van der Waals surface area (Å²) >= 11 is 0. The molecule has 0 bridgehead atoms. The highest BCUT2D eigenvalue weighted by Crippen LogP contribution is 2.12. The van der Waals surface area contributed by atoms with Crippen molar-refractivity contribution in [3.8, 4) is 0 Å². The number of rotatable bonds is 42. The number of carbonyl (C=O) groups is 13. The predicted molar refractivity (Wildman–Crippen MR) is 330 cm³/mol. The van der Waals surface area contributed by atoms with Crippen molar-refractivity contribution in [3.05, 3.63) is 71.8 Å². The topological polar surface area (TPSA) is 478 Å². The number of hydrogen-bond donors (Lipinski definition) is 14. The van der Waals surface area contributed by atoms with Gasteiger partial charge in [-0.2, -0.15) is 0 Å². The van der Waals surface area contributed by atoms with Gasteiger partial charge in [-0.3, -0.25) is 62.8 Å². The van der Waals surface area contributed by atoms with Crippen molar-refractivity contribution in [1.82, 2.24) is 56.8 Å². The Bertz CT molecular complexity index is 2660. The van der Waals surface area contributed by atoms with Gasteiger partial charge in [0.1, 0.15) is 30.2 Å². The van der Waals surface area contributed by atoms with Crippen LogP contribution < -0.4 is 54.4 Å². The molecule has 1 aliphatic heterocycles. The number of nitrogens with zero attached hydrogens (tertiary/aromatic N) is 4. The maximum atomic E-state index is 14.5. The summed E-state index contributed by atoms with van der Waals surface area (Å²) in [6.45, 7) is 2.38. The second kappa shape index (κ2) is 43.0. The normalized spacial score (nSPS) is 15.3. The highest BCUT2D eigenvalue weighted by molar-refractivity contribution is 5.94. The van der Waals surface area contributed by atoms with Gasteiger partial charge in [0.05, 0.1) is 26.2 Å². The molecule has 0 saturated carbocycles. The SMILES string of the molecule is NC(=O)CN1CCN(CC(N)=O)CCN(CC(=O)N[C@H](Cc2ccccc2)C(=O)N[C@H](Cc2ccccc2)C(=O)N[C@H](CCCCNC(=O)CCCCCCC(=O)NCCCCC(NC(=O)N[C@@H](CCC(=O)O)C(=O)O)C(=O)O)C(=O)O)CCN(CC(N)=O)CC1. The third-order valence-electron chi connectivity index (χ3n) is 14.8. The first-order valence-electron chi connectivity index (χ1n) is 30.6. The molecule has 31 nitrogen and oxygen atoms in total. The summed E-state index contributed by atoms with van der Waals surface area (Å²) in [6.07, 6.45) is 3.31. The first-order valence-corrected chi connectivity index (χ1v) is 30.6. The lowest BCUT2D eigenvalue weighted by atomic mass is 10.0. The Morgan fingerprint density at radius 2 is 0.714 bits per heavy atom. The molecule has 1 unspecified atom stereocenters. The molecule has 3 rings (SSSR count). The summed E-state index contributed by atoms with van der Waals surface area (Å²) in [6, 6.07) is 9.79. The van der Waals surface area contributed by atoms with Gasteiger partial charge < -0.3 is 74.8 Å². The largest absolute Gasteiger partial charge is 0.481 e. The van der Waals surface area contributed by atoms with E-state index in [1.807, 2.05) is 4.90 Å². The molecule has 31 heteroatoms. The quantitative estimate of drug-likeness (QED) is 0.0310. The number of benzene rings is 2. The summed E-state index contributed by atoms with van der Waals surface area (Å²) in [5, 5.41) is 55.7. The number of nitrogens with two attached hydrogens (primary N) is 3. The van der Waals surface area contributed by atoms with E-state index < -0.39 is 108 Å². The van der Waals surface area contributed by atoms with Crippen molar-refractivity contribution in [2.45, 2.75) is 133 Å². The van der Waals surface area contributed by atoms with E-state index in [0.717, 1.165) is 0 Å². The van der Waals surface area contributed by atoms with Crippen LogP contribution in [0.15, 0.2) is 60.7 Å². The summed E-state index contributed by atoms with van der Waals surface area (Å²) < 4.78 is 0. The van der Waals surface area contributed by atoms with Crippen molar-refractivity contribution in [3.63, 3.8) is 0 Å². The predicted octanol–water partition coefficient (Wildman–Crippen LogP) is -2.33. The molecule has 0 aliphatic carbocycles. The van der Waals surface area contributed by atoms with Crippen LogP contribution in [0.2, 0.25) is 0 Å². The minimum atomic E-state index is -1.53. The van der Waals surface area contributed by atoms with Crippen LogP contribution in [0, 0.1) is 0 Å². The van der Waals surface area contributed by atoms with Crippen LogP contribution in [0.5, 0.6) is 0 Å². The van der Waals surface area contributed by atoms with E-state index in [4.69, 9.17) is 22.3 Å². The fourth-order valence-corrected chi connectivity index (χ4v) is 9.88. The fourth-order valence-electron chi connectivity index (χ4n) is 9.88. The number of hydrogen-bond acceptors (Lipinski definition) is 17. The number of aliphatic carboxylic acids is 4. The van der Waals surface area contributed by atoms with Gasteiger partial charge in [0, 0.05) is 97.6 Å². The van der Waals surface area contributed by atoms with Gasteiger partial charge in [-0.05, 0) is 68.9 Å². The highest BCUT2D eigenvalue weighted by atomic mass is 16.4. The van der Waals surface area contributed by atoms with E-state index in [1.165, 1.54) is 0 Å². The Morgan fingerprint density at radius 3 is 1.08 bits per heavy atom. The maximum Gasteiger partial charge on any atom is 0.326 e. The molecule has 17 N–H and O–H groups in total. The zero-order valence-electron chi connectivity index (χ0n) is 51.5. The van der Waals surface area contributed by atoms with Gasteiger partial charge in [-0.1, -0.05) is 73.5 Å². The van der Waals surface area contributed by atoms with Crippen LogP contribution in [0.1, 0.15) is 101 Å². The fraction of sp³-hybridized carbons (Fsp3) is 0.583. The third kappa shape index (κ3) is 34.7. The number of amides is 10. The third-order valence-corrected chi connectivity index (χ3v) is 14.8. The zero-order chi connectivity index (χ0) is 67.1. The lowest BCUT2D eigenvalue weighted by Gasteiger charge is -2.33. The molecule has 2 aromatic rings. The van der Waals surface area contributed by atoms with Gasteiger partial charge in [0.25, 0.3) is 0 Å². The Kier molecular flexibility index (Phi) is 36.1. The van der Waals surface area contributed by atoms with Gasteiger partial charge >= 0.3 is 29.9 Å². The minimum Gasteiger partial charge on any atom is -0.481 e. The maximum absolute atomic E-state index is 14.5. The standard InChI is InChI=1S/C60H92N14O17/c61-48(75)37-71-27-29-72(38-49(62)76)31-33-74(34-32-73(30-28-71)39-50(63)77)40-53(80)66-46(35-41-15-5-3-6-16-41)55(83)68-47(36-42-17-7-4-8-18-42)56(84)67-43(57(85)86)19-11-13-25-64-51(78)21-9-1-2-10-22-52(79)65-26-14-12-20-44(58(87)88)69-60(91)70-45(59(89)90)23-24-54(81)82/h3-8,15-18,43-47H,1-2,9-14,19-40H2,(H2,61,75)(H2,62,76)(H2,63,77)(H,64,78)(H,65,79)(H,66,80)(H,67,84)(H,68,83)(H,81,82)(H,85,86)(H,87,88)(H,89,90)(H2,69,70,91)/t43-,44?,45+,46-,47-/m1/s1. The number of carboxylic acids is 4. The molecular weight excluding hydrogens is 1190 g/mol. The Labute approximate surface area is 528 Å². The van der Waals surface area contributed by atoms with Crippen LogP contribution in [-0.2, 0) is 70.4 Å². The molecule has 0 spiro atoms.